The van der Waals surface area contributed by atoms with E-state index in [-0.39, 0.29) is 22.5 Å². The standard InChI is InChI=1S/Fe.3O.Sn/q+2;;;-2;. The van der Waals surface area contributed by atoms with E-state index in [1.165, 1.54) is 0 Å². The van der Waals surface area contributed by atoms with Crippen molar-refractivity contribution in [2.45, 2.75) is 0 Å². The minimum atomic E-state index is -2.27. The Labute approximate surface area is 49.9 Å². The molecule has 3 nitrogen and oxygen atoms in total. The van der Waals surface area contributed by atoms with Crippen LogP contribution in [0.25, 0.3) is 0 Å². The molecule has 0 fully saturated rings. The summed E-state index contributed by atoms with van der Waals surface area (Å²) in [4.78, 5) is 0. The Morgan fingerprint density at radius 2 is 1.20 bits per heavy atom. The fraction of sp³-hybridized carbons (Fsp3) is 0. The van der Waals surface area contributed by atoms with Gasteiger partial charge in [-0.3, -0.25) is 0 Å². The van der Waals surface area contributed by atoms with E-state index in [9.17, 15) is 0 Å². The summed E-state index contributed by atoms with van der Waals surface area (Å²) in [7, 11) is 0. The summed E-state index contributed by atoms with van der Waals surface area (Å²) in [6, 6.07) is 0. The molecular weight excluding hydrogens is 223 g/mol. The van der Waals surface area contributed by atoms with Crippen molar-refractivity contribution >= 4 is 21.1 Å². The van der Waals surface area contributed by atoms with Crippen LogP contribution in [0.15, 0.2) is 0 Å². The van der Waals surface area contributed by atoms with Gasteiger partial charge in [-0.2, -0.15) is 0 Å². The van der Waals surface area contributed by atoms with Crippen LogP contribution in [0, 0.1) is 0 Å². The summed E-state index contributed by atoms with van der Waals surface area (Å²) < 4.78 is 17.1. The Morgan fingerprint density at radius 3 is 1.20 bits per heavy atom. The molecule has 0 radical (unpaired) electrons. The van der Waals surface area contributed by atoms with Gasteiger partial charge in [-0.05, 0) is 0 Å². The van der Waals surface area contributed by atoms with Gasteiger partial charge in [-0.1, -0.05) is 0 Å². The molecule has 0 N–H and O–H groups in total. The Bertz CT molecular complexity index is 27.9. The zero-order valence-corrected chi connectivity index (χ0v) is 6.04. The van der Waals surface area contributed by atoms with Crippen molar-refractivity contribution in [3.05, 3.63) is 0 Å². The monoisotopic (exact) mass is 224 g/mol. The summed E-state index contributed by atoms with van der Waals surface area (Å²) in [6.07, 6.45) is 0. The van der Waals surface area contributed by atoms with Crippen molar-refractivity contribution in [1.29, 1.82) is 0 Å². The molecule has 0 amide bonds. The van der Waals surface area contributed by atoms with Gasteiger partial charge in [0.05, 0.1) is 0 Å². The molecule has 0 aliphatic heterocycles. The van der Waals surface area contributed by atoms with Gasteiger partial charge in [0.1, 0.15) is 0 Å². The second-order valence-corrected chi connectivity index (χ2v) is 0.559. The first-order valence-electron chi connectivity index (χ1n) is 0.408. The van der Waals surface area contributed by atoms with Crippen LogP contribution in [-0.4, -0.2) is 21.1 Å². The van der Waals surface area contributed by atoms with E-state index in [0.717, 1.165) is 0 Å². The molecule has 0 rings (SSSR count). The van der Waals surface area contributed by atoms with Gasteiger partial charge < -0.3 is 5.48 Å². The summed E-state index contributed by atoms with van der Waals surface area (Å²) >= 11 is -2.27. The maximum absolute atomic E-state index is 8.54. The third kappa shape index (κ3) is 52.4. The van der Waals surface area contributed by atoms with Crippen molar-refractivity contribution in [3.63, 3.8) is 0 Å². The first-order chi connectivity index (χ1) is 1.41. The van der Waals surface area contributed by atoms with Gasteiger partial charge >= 0.3 is 44.3 Å². The van der Waals surface area contributed by atoms with Crippen molar-refractivity contribution in [3.8, 4) is 0 Å². The SMILES string of the molecule is [Fe+2].[O-2].[O]=[Sn]=[O]. The molecule has 0 aromatic rings. The molecule has 30 valence electrons. The zero-order chi connectivity index (χ0) is 2.71. The topological polar surface area (TPSA) is 62.6 Å². The van der Waals surface area contributed by atoms with Crippen molar-refractivity contribution in [2.75, 3.05) is 0 Å². The van der Waals surface area contributed by atoms with Crippen molar-refractivity contribution in [1.82, 2.24) is 0 Å². The molecule has 0 aromatic heterocycles. The molecule has 0 unspecified atom stereocenters. The van der Waals surface area contributed by atoms with Gasteiger partial charge in [0, 0.05) is 0 Å². The molecule has 5 heteroatoms. The number of hydrogen-bond acceptors (Lipinski definition) is 2. The van der Waals surface area contributed by atoms with E-state index in [1.807, 2.05) is 0 Å². The molecule has 0 atom stereocenters. The average molecular weight is 223 g/mol. The first kappa shape index (κ1) is 16.9. The molecule has 0 aliphatic rings. The average Bonchev–Trinajstić information content (AvgIpc) is 0.918. The van der Waals surface area contributed by atoms with Crippen LogP contribution in [0.1, 0.15) is 0 Å². The molecule has 0 saturated carbocycles. The van der Waals surface area contributed by atoms with E-state index in [0.29, 0.717) is 0 Å². The Kier molecular flexibility index (Phi) is 70.2. The summed E-state index contributed by atoms with van der Waals surface area (Å²) in [5.74, 6) is 0. The van der Waals surface area contributed by atoms with E-state index in [4.69, 9.17) is 6.15 Å². The molecule has 0 aliphatic carbocycles. The van der Waals surface area contributed by atoms with Crippen molar-refractivity contribution in [2.24, 2.45) is 0 Å². The van der Waals surface area contributed by atoms with E-state index < -0.39 is 21.1 Å². The quantitative estimate of drug-likeness (QED) is 0.507. The fourth-order valence-corrected chi connectivity index (χ4v) is 0. The molecule has 0 saturated heterocycles. The molecule has 0 aromatic carbocycles. The maximum atomic E-state index is 8.54. The minimum absolute atomic E-state index is 0. The molecular formula is FeO3Sn. The molecule has 0 bridgehead atoms. The van der Waals surface area contributed by atoms with Crippen LogP contribution in [0.3, 0.4) is 0 Å². The van der Waals surface area contributed by atoms with Crippen LogP contribution >= 0.6 is 0 Å². The van der Waals surface area contributed by atoms with Crippen LogP contribution in [0.2, 0.25) is 0 Å². The van der Waals surface area contributed by atoms with Gasteiger partial charge in [0.2, 0.25) is 0 Å². The number of rotatable bonds is 0. The molecule has 0 spiro atoms. The predicted octanol–water partition coefficient (Wildman–Crippen LogP) is -0.740. The zero-order valence-electron chi connectivity index (χ0n) is 2.08. The second kappa shape index (κ2) is 20.8. The Morgan fingerprint density at radius 1 is 1.20 bits per heavy atom. The summed E-state index contributed by atoms with van der Waals surface area (Å²) in [5, 5.41) is 0. The predicted molar refractivity (Wildman–Crippen MR) is 7.81 cm³/mol. The first-order valence-corrected chi connectivity index (χ1v) is 2.74. The van der Waals surface area contributed by atoms with Crippen LogP contribution in [-0.2, 0) is 28.7 Å². The summed E-state index contributed by atoms with van der Waals surface area (Å²) in [6.45, 7) is 0. The molecule has 5 heavy (non-hydrogen) atoms. The summed E-state index contributed by atoms with van der Waals surface area (Å²) in [5.41, 5.74) is 0. The van der Waals surface area contributed by atoms with Crippen molar-refractivity contribution < 1.29 is 28.7 Å². The van der Waals surface area contributed by atoms with Gasteiger partial charge in [-0.25, -0.2) is 0 Å². The third-order valence-electron chi connectivity index (χ3n) is 0. The van der Waals surface area contributed by atoms with Gasteiger partial charge in [-0.15, -0.1) is 0 Å². The van der Waals surface area contributed by atoms with E-state index in [1.54, 1.807) is 0 Å². The van der Waals surface area contributed by atoms with Gasteiger partial charge in [0.25, 0.3) is 0 Å². The Hall–Kier alpha value is 0.878. The molecule has 0 heterocycles. The normalized spacial score (nSPS) is 1.60. The number of hydrogen-bond donors (Lipinski definition) is 0. The second-order valence-electron chi connectivity index (χ2n) is 0.0833. The van der Waals surface area contributed by atoms with E-state index in [2.05, 4.69) is 0 Å². The fourth-order valence-electron chi connectivity index (χ4n) is 0. The van der Waals surface area contributed by atoms with Crippen LogP contribution < -0.4 is 0 Å². The van der Waals surface area contributed by atoms with Gasteiger partial charge in [0.15, 0.2) is 0 Å². The third-order valence-corrected chi connectivity index (χ3v) is 0. The van der Waals surface area contributed by atoms with Crippen LogP contribution in [0.5, 0.6) is 0 Å². The Balaban J connectivity index is -0.0000000200. The van der Waals surface area contributed by atoms with Crippen LogP contribution in [0.4, 0.5) is 0 Å². The van der Waals surface area contributed by atoms with E-state index >= 15 is 0 Å².